The number of hydrogen-bond donors (Lipinski definition) is 1. The van der Waals surface area contributed by atoms with E-state index in [1.54, 1.807) is 11.3 Å². The van der Waals surface area contributed by atoms with Crippen molar-refractivity contribution in [3.05, 3.63) is 56.7 Å². The van der Waals surface area contributed by atoms with Crippen LogP contribution < -0.4 is 5.43 Å². The molecule has 0 bridgehead atoms. The number of carbonyl (C=O) groups is 1. The fourth-order valence-electron chi connectivity index (χ4n) is 1.54. The summed E-state index contributed by atoms with van der Waals surface area (Å²) in [5.41, 5.74) is 4.34. The van der Waals surface area contributed by atoms with Crippen molar-refractivity contribution < 1.29 is 4.79 Å². The predicted molar refractivity (Wildman–Crippen MR) is 82.5 cm³/mol. The third-order valence-electron chi connectivity index (χ3n) is 2.51. The minimum Gasteiger partial charge on any atom is -0.273 e. The average molecular weight is 337 g/mol. The number of carbonyl (C=O) groups excluding carboxylic acids is 1. The molecule has 0 aliphatic carbocycles. The van der Waals surface area contributed by atoms with Crippen molar-refractivity contribution in [1.29, 1.82) is 0 Å². The lowest BCUT2D eigenvalue weighted by Crippen LogP contribution is -2.20. The van der Waals surface area contributed by atoms with Gasteiger partial charge in [0.25, 0.3) is 0 Å². The lowest BCUT2D eigenvalue weighted by molar-refractivity contribution is -0.120. The van der Waals surface area contributed by atoms with E-state index < -0.39 is 0 Å². The zero-order valence-electron chi connectivity index (χ0n) is 10.4. The molecule has 0 fully saturated rings. The van der Waals surface area contributed by atoms with Crippen LogP contribution in [0.3, 0.4) is 0 Å². The minimum absolute atomic E-state index is 0.100. The van der Waals surface area contributed by atoms with Crippen molar-refractivity contribution in [2.75, 3.05) is 0 Å². The third kappa shape index (κ3) is 4.29. The van der Waals surface area contributed by atoms with Gasteiger partial charge < -0.3 is 0 Å². The van der Waals surface area contributed by atoms with Gasteiger partial charge in [-0.15, -0.1) is 11.3 Å². The SMILES string of the molecule is C/C(=N\NC(=O)Cc1cccs1)c1cccc(Br)c1. The maximum absolute atomic E-state index is 11.7. The highest BCUT2D eigenvalue weighted by atomic mass is 79.9. The molecule has 1 amide bonds. The number of halogens is 1. The topological polar surface area (TPSA) is 41.5 Å². The molecule has 0 atom stereocenters. The molecule has 0 aliphatic heterocycles. The van der Waals surface area contributed by atoms with Gasteiger partial charge >= 0.3 is 0 Å². The van der Waals surface area contributed by atoms with Crippen LogP contribution in [-0.4, -0.2) is 11.6 Å². The summed E-state index contributed by atoms with van der Waals surface area (Å²) >= 11 is 4.98. The van der Waals surface area contributed by atoms with Crippen LogP contribution in [0.4, 0.5) is 0 Å². The first-order valence-electron chi connectivity index (χ1n) is 5.76. The van der Waals surface area contributed by atoms with Crippen LogP contribution in [0, 0.1) is 0 Å². The van der Waals surface area contributed by atoms with Crippen LogP contribution in [0.25, 0.3) is 0 Å². The Kier molecular flexibility index (Phi) is 4.87. The van der Waals surface area contributed by atoms with Crippen molar-refractivity contribution in [1.82, 2.24) is 5.43 Å². The van der Waals surface area contributed by atoms with E-state index in [0.29, 0.717) is 6.42 Å². The number of hydrogen-bond acceptors (Lipinski definition) is 3. The highest BCUT2D eigenvalue weighted by Gasteiger charge is 2.04. The van der Waals surface area contributed by atoms with Gasteiger partial charge in [-0.2, -0.15) is 5.10 Å². The highest BCUT2D eigenvalue weighted by Crippen LogP contribution is 2.12. The molecule has 1 N–H and O–H groups in total. The molecule has 98 valence electrons. The lowest BCUT2D eigenvalue weighted by Gasteiger charge is -2.03. The van der Waals surface area contributed by atoms with Gasteiger partial charge in [0.2, 0.25) is 5.91 Å². The summed E-state index contributed by atoms with van der Waals surface area (Å²) < 4.78 is 0.990. The standard InChI is InChI=1S/C14H13BrN2OS/c1-10(11-4-2-5-12(15)8-11)16-17-14(18)9-13-6-3-7-19-13/h2-8H,9H2,1H3,(H,17,18)/b16-10+. The maximum Gasteiger partial charge on any atom is 0.245 e. The summed E-state index contributed by atoms with van der Waals surface area (Å²) in [6, 6.07) is 11.7. The van der Waals surface area contributed by atoms with Gasteiger partial charge in [-0.3, -0.25) is 4.79 Å². The molecular weight excluding hydrogens is 324 g/mol. The number of benzene rings is 1. The summed E-state index contributed by atoms with van der Waals surface area (Å²) in [5, 5.41) is 6.07. The summed E-state index contributed by atoms with van der Waals surface area (Å²) in [5.74, 6) is -0.100. The molecule has 0 radical (unpaired) electrons. The Hall–Kier alpha value is -1.46. The molecule has 0 saturated carbocycles. The number of nitrogens with zero attached hydrogens (tertiary/aromatic N) is 1. The summed E-state index contributed by atoms with van der Waals surface area (Å²) in [4.78, 5) is 12.7. The van der Waals surface area contributed by atoms with E-state index in [1.165, 1.54) is 0 Å². The molecule has 0 spiro atoms. The molecule has 3 nitrogen and oxygen atoms in total. The summed E-state index contributed by atoms with van der Waals surface area (Å²) in [6.07, 6.45) is 0.368. The Bertz CT molecular complexity index is 593. The van der Waals surface area contributed by atoms with Crippen molar-refractivity contribution in [2.24, 2.45) is 5.10 Å². The van der Waals surface area contributed by atoms with Gasteiger partial charge in [-0.25, -0.2) is 5.43 Å². The molecule has 1 aromatic carbocycles. The van der Waals surface area contributed by atoms with Crippen molar-refractivity contribution in [2.45, 2.75) is 13.3 Å². The van der Waals surface area contributed by atoms with Gasteiger partial charge in [0.1, 0.15) is 0 Å². The van der Waals surface area contributed by atoms with Crippen LogP contribution in [-0.2, 0) is 11.2 Å². The average Bonchev–Trinajstić information content (AvgIpc) is 2.88. The molecule has 1 heterocycles. The number of nitrogens with one attached hydrogen (secondary N) is 1. The number of amides is 1. The predicted octanol–water partition coefficient (Wildman–Crippen LogP) is 3.59. The molecule has 5 heteroatoms. The Labute approximate surface area is 124 Å². The number of hydrazone groups is 1. The fraction of sp³-hybridized carbons (Fsp3) is 0.143. The first-order chi connectivity index (χ1) is 9.15. The quantitative estimate of drug-likeness (QED) is 0.672. The Morgan fingerprint density at radius 3 is 2.89 bits per heavy atom. The monoisotopic (exact) mass is 336 g/mol. The van der Waals surface area contributed by atoms with Crippen molar-refractivity contribution in [3.8, 4) is 0 Å². The van der Waals surface area contributed by atoms with E-state index in [4.69, 9.17) is 0 Å². The van der Waals surface area contributed by atoms with Gasteiger partial charge in [0, 0.05) is 9.35 Å². The third-order valence-corrected chi connectivity index (χ3v) is 3.88. The molecule has 0 unspecified atom stereocenters. The van der Waals surface area contributed by atoms with E-state index in [-0.39, 0.29) is 5.91 Å². The first-order valence-corrected chi connectivity index (χ1v) is 7.44. The van der Waals surface area contributed by atoms with Gasteiger partial charge in [0.15, 0.2) is 0 Å². The first kappa shape index (κ1) is 14.0. The van der Waals surface area contributed by atoms with Crippen molar-refractivity contribution >= 4 is 38.9 Å². The number of rotatable bonds is 4. The van der Waals surface area contributed by atoms with Crippen LogP contribution in [0.1, 0.15) is 17.4 Å². The molecule has 0 aliphatic rings. The van der Waals surface area contributed by atoms with Crippen LogP contribution >= 0.6 is 27.3 Å². The van der Waals surface area contributed by atoms with E-state index in [2.05, 4.69) is 26.5 Å². The molecular formula is C14H13BrN2OS. The Morgan fingerprint density at radius 1 is 1.37 bits per heavy atom. The highest BCUT2D eigenvalue weighted by molar-refractivity contribution is 9.10. The lowest BCUT2D eigenvalue weighted by atomic mass is 10.1. The van der Waals surface area contributed by atoms with Crippen LogP contribution in [0.5, 0.6) is 0 Å². The second-order valence-electron chi connectivity index (χ2n) is 4.00. The summed E-state index contributed by atoms with van der Waals surface area (Å²) in [6.45, 7) is 1.87. The largest absolute Gasteiger partial charge is 0.273 e. The van der Waals surface area contributed by atoms with E-state index in [1.807, 2.05) is 48.7 Å². The molecule has 2 aromatic rings. The van der Waals surface area contributed by atoms with E-state index >= 15 is 0 Å². The van der Waals surface area contributed by atoms with Crippen molar-refractivity contribution in [3.63, 3.8) is 0 Å². The molecule has 1 aromatic heterocycles. The van der Waals surface area contributed by atoms with Gasteiger partial charge in [-0.1, -0.05) is 34.1 Å². The maximum atomic E-state index is 11.7. The fourth-order valence-corrected chi connectivity index (χ4v) is 2.64. The second-order valence-corrected chi connectivity index (χ2v) is 5.95. The zero-order chi connectivity index (χ0) is 13.7. The van der Waals surface area contributed by atoms with E-state index in [0.717, 1.165) is 20.6 Å². The summed E-state index contributed by atoms with van der Waals surface area (Å²) in [7, 11) is 0. The molecule has 2 rings (SSSR count). The smallest absolute Gasteiger partial charge is 0.245 e. The van der Waals surface area contributed by atoms with E-state index in [9.17, 15) is 4.79 Å². The number of thiophene rings is 1. The Morgan fingerprint density at radius 2 is 2.21 bits per heavy atom. The van der Waals surface area contributed by atoms with Crippen LogP contribution in [0.2, 0.25) is 0 Å². The molecule has 0 saturated heterocycles. The van der Waals surface area contributed by atoms with Gasteiger partial charge in [0.05, 0.1) is 12.1 Å². The van der Waals surface area contributed by atoms with Crippen LogP contribution in [0.15, 0.2) is 51.4 Å². The molecule has 19 heavy (non-hydrogen) atoms. The second kappa shape index (κ2) is 6.63. The van der Waals surface area contributed by atoms with Gasteiger partial charge in [-0.05, 0) is 36.1 Å². The minimum atomic E-state index is -0.100. The normalized spacial score (nSPS) is 11.4. The Balaban J connectivity index is 1.96. The zero-order valence-corrected chi connectivity index (χ0v) is 12.8.